The summed E-state index contributed by atoms with van der Waals surface area (Å²) in [7, 11) is -3.58. The summed E-state index contributed by atoms with van der Waals surface area (Å²) in [6.07, 6.45) is 0.744. The third-order valence-electron chi connectivity index (χ3n) is 3.19. The zero-order valence-corrected chi connectivity index (χ0v) is 10.4. The first-order valence-electron chi connectivity index (χ1n) is 5.58. The van der Waals surface area contributed by atoms with E-state index in [0.29, 0.717) is 12.8 Å². The van der Waals surface area contributed by atoms with Gasteiger partial charge in [0.05, 0.1) is 5.25 Å². The second-order valence-electron chi connectivity index (χ2n) is 4.39. The summed E-state index contributed by atoms with van der Waals surface area (Å²) in [5.41, 5.74) is 0.225. The highest BCUT2D eigenvalue weighted by molar-refractivity contribution is 7.89. The molecule has 0 spiro atoms. The molecule has 2 atom stereocenters. The normalized spacial score (nSPS) is 25.1. The van der Waals surface area contributed by atoms with E-state index in [9.17, 15) is 17.2 Å². The molecule has 2 rings (SSSR count). The largest absolute Gasteiger partial charge is 0.308 e. The molecule has 0 saturated carbocycles. The Kier molecular flexibility index (Phi) is 3.65. The number of nitrogens with two attached hydrogens (primary N) is 1. The maximum atomic E-state index is 13.6. The number of hydrogen-bond acceptors (Lipinski definition) is 3. The van der Waals surface area contributed by atoms with Crippen LogP contribution in [0.15, 0.2) is 18.2 Å². The fourth-order valence-electron chi connectivity index (χ4n) is 2.17. The first kappa shape index (κ1) is 13.4. The maximum Gasteiger partial charge on any atom is 0.213 e. The smallest absolute Gasteiger partial charge is 0.213 e. The van der Waals surface area contributed by atoms with Crippen LogP contribution in [0.2, 0.25) is 0 Å². The van der Waals surface area contributed by atoms with Gasteiger partial charge in [0.1, 0.15) is 0 Å². The molecule has 100 valence electrons. The van der Waals surface area contributed by atoms with Gasteiger partial charge in [-0.15, -0.1) is 0 Å². The van der Waals surface area contributed by atoms with E-state index in [1.54, 1.807) is 0 Å². The zero-order valence-electron chi connectivity index (χ0n) is 9.57. The van der Waals surface area contributed by atoms with Crippen LogP contribution in [-0.2, 0) is 10.0 Å². The first-order valence-corrected chi connectivity index (χ1v) is 7.19. The summed E-state index contributed by atoms with van der Waals surface area (Å²) in [6.45, 7) is 0.152. The molecule has 4 nitrogen and oxygen atoms in total. The number of rotatable bonds is 2. The summed E-state index contributed by atoms with van der Waals surface area (Å²) in [5.74, 6) is -1.79. The molecule has 0 bridgehead atoms. The number of benzene rings is 1. The van der Waals surface area contributed by atoms with Crippen molar-refractivity contribution in [3.8, 4) is 0 Å². The lowest BCUT2D eigenvalue weighted by Gasteiger charge is -2.29. The minimum Gasteiger partial charge on any atom is -0.308 e. The van der Waals surface area contributed by atoms with E-state index in [0.717, 1.165) is 6.07 Å². The second kappa shape index (κ2) is 4.91. The molecule has 1 saturated heterocycles. The molecule has 18 heavy (non-hydrogen) atoms. The Morgan fingerprint density at radius 3 is 2.56 bits per heavy atom. The Bertz CT molecular complexity index is 540. The van der Waals surface area contributed by atoms with Crippen LogP contribution < -0.4 is 10.5 Å². The lowest BCUT2D eigenvalue weighted by Crippen LogP contribution is -2.43. The monoisotopic (exact) mass is 276 g/mol. The quantitative estimate of drug-likeness (QED) is 0.848. The molecule has 0 amide bonds. The van der Waals surface area contributed by atoms with Crippen LogP contribution in [0.3, 0.4) is 0 Å². The Labute approximate surface area is 104 Å². The first-order chi connectivity index (χ1) is 8.39. The van der Waals surface area contributed by atoms with Crippen molar-refractivity contribution in [1.29, 1.82) is 0 Å². The average Bonchev–Trinajstić information content (AvgIpc) is 2.32. The summed E-state index contributed by atoms with van der Waals surface area (Å²) >= 11 is 0. The fourth-order valence-corrected chi connectivity index (χ4v) is 2.96. The third-order valence-corrected chi connectivity index (χ3v) is 4.52. The van der Waals surface area contributed by atoms with Gasteiger partial charge >= 0.3 is 0 Å². The maximum absolute atomic E-state index is 13.6. The molecular weight excluding hydrogens is 262 g/mol. The van der Waals surface area contributed by atoms with E-state index in [2.05, 4.69) is 5.32 Å². The molecule has 1 heterocycles. The minimum absolute atomic E-state index is 0.152. The van der Waals surface area contributed by atoms with Gasteiger partial charge in [0.15, 0.2) is 11.6 Å². The van der Waals surface area contributed by atoms with Crippen molar-refractivity contribution in [2.45, 2.75) is 24.1 Å². The number of hydrogen-bond donors (Lipinski definition) is 2. The van der Waals surface area contributed by atoms with E-state index in [-0.39, 0.29) is 18.2 Å². The number of primary sulfonamides is 1. The molecule has 3 N–H and O–H groups in total. The van der Waals surface area contributed by atoms with E-state index >= 15 is 0 Å². The molecule has 1 aromatic rings. The van der Waals surface area contributed by atoms with Crippen molar-refractivity contribution in [2.24, 2.45) is 5.14 Å². The van der Waals surface area contributed by atoms with Crippen molar-refractivity contribution < 1.29 is 17.2 Å². The molecule has 0 aromatic heterocycles. The van der Waals surface area contributed by atoms with Crippen molar-refractivity contribution in [3.05, 3.63) is 35.4 Å². The van der Waals surface area contributed by atoms with Crippen LogP contribution in [0.25, 0.3) is 0 Å². The molecule has 1 aliphatic rings. The number of sulfonamides is 1. The summed E-state index contributed by atoms with van der Waals surface area (Å²) in [5, 5.41) is 7.28. The molecule has 1 aromatic carbocycles. The zero-order chi connectivity index (χ0) is 13.3. The summed E-state index contributed by atoms with van der Waals surface area (Å²) in [6, 6.07) is 3.60. The Hall–Kier alpha value is -1.05. The van der Waals surface area contributed by atoms with Crippen LogP contribution in [-0.4, -0.2) is 20.2 Å². The Morgan fingerprint density at radius 2 is 2.00 bits per heavy atom. The Morgan fingerprint density at radius 1 is 1.28 bits per heavy atom. The molecular formula is C11H14F2N2O2S. The van der Waals surface area contributed by atoms with Gasteiger partial charge in [0.2, 0.25) is 10.0 Å². The third kappa shape index (κ3) is 2.68. The van der Waals surface area contributed by atoms with Crippen molar-refractivity contribution in [2.75, 3.05) is 6.54 Å². The van der Waals surface area contributed by atoms with Gasteiger partial charge in [-0.1, -0.05) is 12.1 Å². The minimum atomic E-state index is -3.58. The standard InChI is InChI=1S/C11H14F2N2O2S/c12-9-3-1-2-8(11(9)13)10-5-4-7(6-15-10)18(14,16)17/h1-3,7,10,15H,4-6H2,(H2,14,16,17). The van der Waals surface area contributed by atoms with Crippen LogP contribution in [0, 0.1) is 11.6 Å². The van der Waals surface area contributed by atoms with Crippen LogP contribution >= 0.6 is 0 Å². The topological polar surface area (TPSA) is 72.2 Å². The van der Waals surface area contributed by atoms with Gasteiger partial charge in [0.25, 0.3) is 0 Å². The van der Waals surface area contributed by atoms with E-state index in [4.69, 9.17) is 5.14 Å². The van der Waals surface area contributed by atoms with Crippen LogP contribution in [0.5, 0.6) is 0 Å². The summed E-state index contributed by atoms with van der Waals surface area (Å²) < 4.78 is 48.9. The predicted molar refractivity (Wildman–Crippen MR) is 63.2 cm³/mol. The van der Waals surface area contributed by atoms with Gasteiger partial charge in [-0.2, -0.15) is 0 Å². The predicted octanol–water partition coefficient (Wildman–Crippen LogP) is 1.05. The molecule has 2 unspecified atom stereocenters. The lowest BCUT2D eigenvalue weighted by atomic mass is 9.97. The van der Waals surface area contributed by atoms with E-state index in [1.165, 1.54) is 12.1 Å². The van der Waals surface area contributed by atoms with Gasteiger partial charge in [-0.05, 0) is 18.9 Å². The SMILES string of the molecule is NS(=O)(=O)C1CCC(c2cccc(F)c2F)NC1. The second-order valence-corrected chi connectivity index (χ2v) is 6.24. The highest BCUT2D eigenvalue weighted by Gasteiger charge is 2.30. The number of nitrogens with one attached hydrogen (secondary N) is 1. The lowest BCUT2D eigenvalue weighted by molar-refractivity contribution is 0.388. The highest BCUT2D eigenvalue weighted by Crippen LogP contribution is 2.27. The van der Waals surface area contributed by atoms with Gasteiger partial charge in [0, 0.05) is 18.2 Å². The highest BCUT2D eigenvalue weighted by atomic mass is 32.2. The van der Waals surface area contributed by atoms with E-state index < -0.39 is 26.9 Å². The van der Waals surface area contributed by atoms with Gasteiger partial charge in [-0.3, -0.25) is 0 Å². The van der Waals surface area contributed by atoms with Crippen LogP contribution in [0.1, 0.15) is 24.4 Å². The number of halogens is 2. The molecule has 1 fully saturated rings. The van der Waals surface area contributed by atoms with Gasteiger partial charge < -0.3 is 5.32 Å². The van der Waals surface area contributed by atoms with Crippen molar-refractivity contribution >= 4 is 10.0 Å². The van der Waals surface area contributed by atoms with Crippen molar-refractivity contribution in [1.82, 2.24) is 5.32 Å². The molecule has 7 heteroatoms. The summed E-state index contributed by atoms with van der Waals surface area (Å²) in [4.78, 5) is 0. The Balaban J connectivity index is 2.13. The molecule has 1 aliphatic heterocycles. The molecule has 0 radical (unpaired) electrons. The van der Waals surface area contributed by atoms with Gasteiger partial charge in [-0.25, -0.2) is 22.3 Å². The van der Waals surface area contributed by atoms with Crippen molar-refractivity contribution in [3.63, 3.8) is 0 Å². The fraction of sp³-hybridized carbons (Fsp3) is 0.455. The van der Waals surface area contributed by atoms with Crippen LogP contribution in [0.4, 0.5) is 8.78 Å². The molecule has 0 aliphatic carbocycles. The average molecular weight is 276 g/mol. The number of piperidine rings is 1. The van der Waals surface area contributed by atoms with E-state index in [1.807, 2.05) is 0 Å².